The van der Waals surface area contributed by atoms with Gasteiger partial charge in [0, 0.05) is 11.8 Å². The summed E-state index contributed by atoms with van der Waals surface area (Å²) in [6, 6.07) is 8.19. The molecule has 3 N–H and O–H groups in total. The third kappa shape index (κ3) is 3.85. The van der Waals surface area contributed by atoms with E-state index < -0.39 is 10.0 Å². The van der Waals surface area contributed by atoms with Gasteiger partial charge >= 0.3 is 0 Å². The lowest BCUT2D eigenvalue weighted by atomic mass is 10.3. The zero-order chi connectivity index (χ0) is 17.0. The summed E-state index contributed by atoms with van der Waals surface area (Å²) in [5.41, 5.74) is 2.32. The SMILES string of the molecule is CNS(=O)(=O)c1cccc(Nc2cc(Nc3cncs3)ncn2)c1. The summed E-state index contributed by atoms with van der Waals surface area (Å²) in [5.74, 6) is 1.15. The highest BCUT2D eigenvalue weighted by atomic mass is 32.2. The normalized spacial score (nSPS) is 11.2. The van der Waals surface area contributed by atoms with Gasteiger partial charge in [-0.25, -0.2) is 23.1 Å². The Morgan fingerprint density at radius 1 is 1.08 bits per heavy atom. The van der Waals surface area contributed by atoms with E-state index in [0.29, 0.717) is 17.3 Å². The van der Waals surface area contributed by atoms with Crippen LogP contribution in [0.3, 0.4) is 0 Å². The van der Waals surface area contributed by atoms with Crippen molar-refractivity contribution in [3.8, 4) is 0 Å². The highest BCUT2D eigenvalue weighted by Crippen LogP contribution is 2.22. The monoisotopic (exact) mass is 362 g/mol. The molecule has 0 amide bonds. The number of rotatable bonds is 6. The number of thiazole rings is 1. The van der Waals surface area contributed by atoms with E-state index >= 15 is 0 Å². The molecule has 3 aromatic rings. The zero-order valence-electron chi connectivity index (χ0n) is 12.6. The molecule has 2 heterocycles. The Labute approximate surface area is 143 Å². The van der Waals surface area contributed by atoms with Crippen molar-refractivity contribution in [1.29, 1.82) is 0 Å². The molecule has 8 nitrogen and oxygen atoms in total. The zero-order valence-corrected chi connectivity index (χ0v) is 14.2. The van der Waals surface area contributed by atoms with Crippen molar-refractivity contribution in [3.63, 3.8) is 0 Å². The molecule has 0 radical (unpaired) electrons. The van der Waals surface area contributed by atoms with Crippen molar-refractivity contribution < 1.29 is 8.42 Å². The molecule has 10 heteroatoms. The molecule has 0 spiro atoms. The summed E-state index contributed by atoms with van der Waals surface area (Å²) >= 11 is 1.46. The average Bonchev–Trinajstić information content (AvgIpc) is 3.08. The number of anilines is 4. The van der Waals surface area contributed by atoms with Crippen molar-refractivity contribution in [2.24, 2.45) is 0 Å². The number of hydrogen-bond acceptors (Lipinski definition) is 8. The molecule has 0 atom stereocenters. The Morgan fingerprint density at radius 2 is 1.88 bits per heavy atom. The molecule has 0 saturated heterocycles. The second kappa shape index (κ2) is 6.91. The predicted molar refractivity (Wildman–Crippen MR) is 93.4 cm³/mol. The number of benzene rings is 1. The van der Waals surface area contributed by atoms with Crippen molar-refractivity contribution >= 4 is 43.7 Å². The third-order valence-electron chi connectivity index (χ3n) is 3.04. The number of hydrogen-bond donors (Lipinski definition) is 3. The first-order chi connectivity index (χ1) is 11.6. The second-order valence-electron chi connectivity index (χ2n) is 4.64. The Balaban J connectivity index is 1.80. The maximum atomic E-state index is 11.9. The lowest BCUT2D eigenvalue weighted by Crippen LogP contribution is -2.18. The van der Waals surface area contributed by atoms with E-state index in [9.17, 15) is 8.42 Å². The number of nitrogens with zero attached hydrogens (tertiary/aromatic N) is 3. The first kappa shape index (κ1) is 16.3. The Kier molecular flexibility index (Phi) is 4.69. The van der Waals surface area contributed by atoms with E-state index in [-0.39, 0.29) is 4.90 Å². The van der Waals surface area contributed by atoms with Gasteiger partial charge in [0.1, 0.15) is 23.0 Å². The molecule has 0 aliphatic rings. The van der Waals surface area contributed by atoms with Crippen LogP contribution in [0.25, 0.3) is 0 Å². The summed E-state index contributed by atoms with van der Waals surface area (Å²) in [6.07, 6.45) is 3.12. The van der Waals surface area contributed by atoms with Gasteiger partial charge in [-0.2, -0.15) is 0 Å². The van der Waals surface area contributed by atoms with Gasteiger partial charge < -0.3 is 10.6 Å². The molecule has 0 bridgehead atoms. The van der Waals surface area contributed by atoms with Crippen LogP contribution in [-0.4, -0.2) is 30.4 Å². The molecule has 0 fully saturated rings. The molecule has 0 saturated carbocycles. The third-order valence-corrected chi connectivity index (χ3v) is 5.14. The van der Waals surface area contributed by atoms with Crippen molar-refractivity contribution in [2.75, 3.05) is 17.7 Å². The van der Waals surface area contributed by atoms with Crippen molar-refractivity contribution in [2.45, 2.75) is 4.90 Å². The highest BCUT2D eigenvalue weighted by molar-refractivity contribution is 7.89. The molecule has 24 heavy (non-hydrogen) atoms. The lowest BCUT2D eigenvalue weighted by molar-refractivity contribution is 0.588. The van der Waals surface area contributed by atoms with Gasteiger partial charge in [-0.15, -0.1) is 11.3 Å². The predicted octanol–water partition coefficient (Wildman–Crippen LogP) is 2.33. The highest BCUT2D eigenvalue weighted by Gasteiger charge is 2.11. The van der Waals surface area contributed by atoms with Crippen LogP contribution in [0, 0.1) is 0 Å². The topological polar surface area (TPSA) is 109 Å². The van der Waals surface area contributed by atoms with Crippen molar-refractivity contribution in [1.82, 2.24) is 19.7 Å². The smallest absolute Gasteiger partial charge is 0.240 e. The molecule has 3 rings (SSSR count). The molecule has 1 aromatic carbocycles. The van der Waals surface area contributed by atoms with Crippen molar-refractivity contribution in [3.05, 3.63) is 48.4 Å². The Morgan fingerprint density at radius 3 is 2.58 bits per heavy atom. The second-order valence-corrected chi connectivity index (χ2v) is 7.41. The van der Waals surface area contributed by atoms with Crippen LogP contribution in [0.5, 0.6) is 0 Å². The molecule has 124 valence electrons. The van der Waals surface area contributed by atoms with Gasteiger partial charge in [-0.05, 0) is 25.2 Å². The van der Waals surface area contributed by atoms with Crippen LogP contribution in [0.4, 0.5) is 22.3 Å². The fraction of sp³-hybridized carbons (Fsp3) is 0.0714. The molecular formula is C14H14N6O2S2. The van der Waals surface area contributed by atoms with Crippen LogP contribution < -0.4 is 15.4 Å². The summed E-state index contributed by atoms with van der Waals surface area (Å²) in [5, 5.41) is 7.04. The van der Waals surface area contributed by atoms with Gasteiger partial charge in [-0.1, -0.05) is 6.07 Å². The van der Waals surface area contributed by atoms with Gasteiger partial charge in [0.15, 0.2) is 0 Å². The molecule has 0 unspecified atom stereocenters. The van der Waals surface area contributed by atoms with Gasteiger partial charge in [0.25, 0.3) is 0 Å². The minimum absolute atomic E-state index is 0.173. The quantitative estimate of drug-likeness (QED) is 0.617. The molecule has 2 aromatic heterocycles. The summed E-state index contributed by atoms with van der Waals surface area (Å²) in [4.78, 5) is 12.4. The van der Waals surface area contributed by atoms with Gasteiger partial charge in [-0.3, -0.25) is 4.98 Å². The van der Waals surface area contributed by atoms with E-state index in [1.807, 2.05) is 0 Å². The van der Waals surface area contributed by atoms with Crippen LogP contribution in [-0.2, 0) is 10.0 Å². The fourth-order valence-electron chi connectivity index (χ4n) is 1.90. The maximum absolute atomic E-state index is 11.9. The molecular weight excluding hydrogens is 348 g/mol. The molecule has 0 aliphatic carbocycles. The summed E-state index contributed by atoms with van der Waals surface area (Å²) in [7, 11) is -2.12. The minimum atomic E-state index is -3.50. The average molecular weight is 362 g/mol. The first-order valence-electron chi connectivity index (χ1n) is 6.85. The van der Waals surface area contributed by atoms with E-state index in [0.717, 1.165) is 5.00 Å². The van der Waals surface area contributed by atoms with E-state index in [2.05, 4.69) is 30.3 Å². The minimum Gasteiger partial charge on any atom is -0.340 e. The largest absolute Gasteiger partial charge is 0.340 e. The van der Waals surface area contributed by atoms with Crippen LogP contribution in [0.1, 0.15) is 0 Å². The fourth-order valence-corrected chi connectivity index (χ4v) is 3.20. The van der Waals surface area contributed by atoms with Gasteiger partial charge in [0.05, 0.1) is 16.6 Å². The van der Waals surface area contributed by atoms with E-state index in [4.69, 9.17) is 0 Å². The number of aromatic nitrogens is 3. The summed E-state index contributed by atoms with van der Waals surface area (Å²) < 4.78 is 26.0. The van der Waals surface area contributed by atoms with E-state index in [1.54, 1.807) is 29.9 Å². The lowest BCUT2D eigenvalue weighted by Gasteiger charge is -2.09. The molecule has 0 aliphatic heterocycles. The van der Waals surface area contributed by atoms with Crippen LogP contribution >= 0.6 is 11.3 Å². The van der Waals surface area contributed by atoms with Crippen LogP contribution in [0.2, 0.25) is 0 Å². The summed E-state index contributed by atoms with van der Waals surface area (Å²) in [6.45, 7) is 0. The number of nitrogens with one attached hydrogen (secondary N) is 3. The Hall–Kier alpha value is -2.56. The first-order valence-corrected chi connectivity index (χ1v) is 9.21. The van der Waals surface area contributed by atoms with Crippen LogP contribution in [0.15, 0.2) is 53.3 Å². The maximum Gasteiger partial charge on any atom is 0.240 e. The van der Waals surface area contributed by atoms with Gasteiger partial charge in [0.2, 0.25) is 10.0 Å². The standard InChI is InChI=1S/C14H14N6O2S2/c1-15-24(21,22)11-4-2-3-10(5-11)19-12-6-13(18-8-17-12)20-14-7-16-9-23-14/h2-9,15H,1H3,(H2,17,18,19,20). The Bertz CT molecular complexity index is 928. The van der Waals surface area contributed by atoms with E-state index in [1.165, 1.54) is 36.8 Å². The number of sulfonamides is 1.